The first kappa shape index (κ1) is 30.5. The number of hydrogen-bond acceptors (Lipinski definition) is 2. The number of nitrogens with zero attached hydrogens (tertiary/aromatic N) is 1. The highest BCUT2D eigenvalue weighted by molar-refractivity contribution is 6.07. The quantitative estimate of drug-likeness (QED) is 0.185. The molecule has 1 heterocycles. The molecule has 9 aromatic rings. The number of aryl methyl sites for hydroxylation is 1. The van der Waals surface area contributed by atoms with Gasteiger partial charge < -0.3 is 9.32 Å². The smallest absolute Gasteiger partial charge is 0.136 e. The van der Waals surface area contributed by atoms with Gasteiger partial charge in [-0.05, 0) is 151 Å². The lowest BCUT2D eigenvalue weighted by Crippen LogP contribution is -2.17. The first-order chi connectivity index (χ1) is 25.7. The molecule has 254 valence electrons. The van der Waals surface area contributed by atoms with Gasteiger partial charge in [-0.2, -0.15) is 0 Å². The van der Waals surface area contributed by atoms with Crippen molar-refractivity contribution in [3.63, 3.8) is 0 Å². The third-order valence-corrected chi connectivity index (χ3v) is 12.5. The molecule has 53 heavy (non-hydrogen) atoms. The van der Waals surface area contributed by atoms with Crippen molar-refractivity contribution in [2.45, 2.75) is 45.4 Å². The molecule has 1 aromatic heterocycles. The third kappa shape index (κ3) is 4.21. The van der Waals surface area contributed by atoms with Crippen molar-refractivity contribution in [2.75, 3.05) is 4.90 Å². The Hall–Kier alpha value is -6.12. The number of fused-ring (bicyclic) bond motifs is 11. The zero-order chi connectivity index (χ0) is 35.8. The lowest BCUT2D eigenvalue weighted by molar-refractivity contribution is 0.658. The SMILES string of the molecule is Cc1ccccc1N(c1ccc2c(c1)C(C)(C)c1cc3c(cc1-2)oc1ccccc13)c1ccc2cc3c(cc2c1)C(C)(C)c1cc2ccccc2cc1-3. The monoisotopic (exact) mass is 681 g/mol. The van der Waals surface area contributed by atoms with Crippen LogP contribution in [0.1, 0.15) is 55.5 Å². The summed E-state index contributed by atoms with van der Waals surface area (Å²) in [5, 5.41) is 7.47. The minimum Gasteiger partial charge on any atom is -0.456 e. The Bertz CT molecular complexity index is 3030. The molecular weight excluding hydrogens is 643 g/mol. The normalized spacial score (nSPS) is 14.8. The standard InChI is InChI=1S/C51H39NO/c1-30-12-6-10-16-47(30)52(36-20-21-37-41-29-49-42(38-15-9-11-17-48(38)53-49)28-46(41)51(4,5)45(37)27-36)35-19-18-33-24-40-39-23-31-13-7-8-14-32(31)25-43(39)50(2,3)44(40)26-34(33)22-35/h6-29H,1-5H3. The second-order valence-electron chi connectivity index (χ2n) is 16.3. The second kappa shape index (κ2) is 10.5. The van der Waals surface area contributed by atoms with E-state index in [9.17, 15) is 0 Å². The van der Waals surface area contributed by atoms with Crippen LogP contribution in [0, 0.1) is 6.92 Å². The number of para-hydroxylation sites is 2. The van der Waals surface area contributed by atoms with E-state index in [1.165, 1.54) is 88.1 Å². The molecule has 0 aliphatic heterocycles. The van der Waals surface area contributed by atoms with Crippen LogP contribution < -0.4 is 4.90 Å². The molecule has 0 unspecified atom stereocenters. The van der Waals surface area contributed by atoms with Gasteiger partial charge in [0, 0.05) is 38.7 Å². The minimum atomic E-state index is -0.181. The van der Waals surface area contributed by atoms with Crippen molar-refractivity contribution < 1.29 is 4.42 Å². The van der Waals surface area contributed by atoms with Gasteiger partial charge in [0.1, 0.15) is 11.2 Å². The van der Waals surface area contributed by atoms with E-state index in [1.807, 2.05) is 6.07 Å². The predicted molar refractivity (Wildman–Crippen MR) is 223 cm³/mol. The summed E-state index contributed by atoms with van der Waals surface area (Å²) in [6.45, 7) is 11.7. The summed E-state index contributed by atoms with van der Waals surface area (Å²) in [7, 11) is 0. The lowest BCUT2D eigenvalue weighted by atomic mass is 9.81. The molecule has 0 saturated heterocycles. The van der Waals surface area contributed by atoms with E-state index in [-0.39, 0.29) is 10.8 Å². The molecule has 0 spiro atoms. The average Bonchev–Trinajstić information content (AvgIpc) is 3.72. The van der Waals surface area contributed by atoms with E-state index in [4.69, 9.17) is 4.42 Å². The van der Waals surface area contributed by atoms with Crippen molar-refractivity contribution in [1.29, 1.82) is 0 Å². The van der Waals surface area contributed by atoms with Gasteiger partial charge >= 0.3 is 0 Å². The topological polar surface area (TPSA) is 16.4 Å². The van der Waals surface area contributed by atoms with Crippen LogP contribution in [0.4, 0.5) is 17.1 Å². The fourth-order valence-corrected chi connectivity index (χ4v) is 9.61. The summed E-state index contributed by atoms with van der Waals surface area (Å²) in [6.07, 6.45) is 0. The fraction of sp³-hybridized carbons (Fsp3) is 0.137. The Labute approximate surface area is 309 Å². The van der Waals surface area contributed by atoms with Gasteiger partial charge in [-0.25, -0.2) is 0 Å². The van der Waals surface area contributed by atoms with E-state index < -0.39 is 0 Å². The number of anilines is 3. The highest BCUT2D eigenvalue weighted by atomic mass is 16.3. The Kier molecular flexibility index (Phi) is 6.03. The summed E-state index contributed by atoms with van der Waals surface area (Å²) in [4.78, 5) is 2.45. The van der Waals surface area contributed by atoms with E-state index in [0.29, 0.717) is 0 Å². The van der Waals surface area contributed by atoms with E-state index >= 15 is 0 Å². The first-order valence-corrected chi connectivity index (χ1v) is 18.8. The zero-order valence-electron chi connectivity index (χ0n) is 30.7. The van der Waals surface area contributed by atoms with Gasteiger partial charge in [0.15, 0.2) is 0 Å². The van der Waals surface area contributed by atoms with E-state index in [2.05, 4.69) is 179 Å². The van der Waals surface area contributed by atoms with Crippen molar-refractivity contribution in [1.82, 2.24) is 0 Å². The van der Waals surface area contributed by atoms with Gasteiger partial charge in [-0.1, -0.05) is 100 Å². The molecule has 0 radical (unpaired) electrons. The van der Waals surface area contributed by atoms with Crippen LogP contribution in [-0.4, -0.2) is 0 Å². The van der Waals surface area contributed by atoms with Crippen LogP contribution in [0.15, 0.2) is 150 Å². The van der Waals surface area contributed by atoms with Crippen molar-refractivity contribution in [3.05, 3.63) is 173 Å². The molecule has 0 atom stereocenters. The maximum atomic E-state index is 6.36. The van der Waals surface area contributed by atoms with Crippen LogP contribution in [-0.2, 0) is 10.8 Å². The van der Waals surface area contributed by atoms with Crippen molar-refractivity contribution in [2.24, 2.45) is 0 Å². The predicted octanol–water partition coefficient (Wildman–Crippen LogP) is 14.3. The molecule has 2 aliphatic rings. The molecule has 2 aliphatic carbocycles. The molecule has 0 N–H and O–H groups in total. The minimum absolute atomic E-state index is 0.0947. The number of furan rings is 1. The molecule has 11 rings (SSSR count). The first-order valence-electron chi connectivity index (χ1n) is 18.8. The van der Waals surface area contributed by atoms with Crippen molar-refractivity contribution in [3.8, 4) is 22.3 Å². The van der Waals surface area contributed by atoms with Crippen LogP contribution in [0.25, 0.3) is 65.7 Å². The van der Waals surface area contributed by atoms with Crippen LogP contribution in [0.2, 0.25) is 0 Å². The Balaban J connectivity index is 1.07. The molecule has 0 amide bonds. The number of benzene rings is 8. The Morgan fingerprint density at radius 3 is 1.75 bits per heavy atom. The highest BCUT2D eigenvalue weighted by Crippen LogP contribution is 2.54. The van der Waals surface area contributed by atoms with Crippen LogP contribution in [0.5, 0.6) is 0 Å². The second-order valence-corrected chi connectivity index (χ2v) is 16.3. The summed E-state index contributed by atoms with van der Waals surface area (Å²) in [5.74, 6) is 0. The number of hydrogen-bond donors (Lipinski definition) is 0. The van der Waals surface area contributed by atoms with E-state index in [1.54, 1.807) is 0 Å². The van der Waals surface area contributed by atoms with E-state index in [0.717, 1.165) is 22.5 Å². The molecular formula is C51H39NO. The lowest BCUT2D eigenvalue weighted by Gasteiger charge is -2.29. The Morgan fingerprint density at radius 1 is 0.415 bits per heavy atom. The molecule has 0 fully saturated rings. The summed E-state index contributed by atoms with van der Waals surface area (Å²) < 4.78 is 6.36. The van der Waals surface area contributed by atoms with Crippen molar-refractivity contribution >= 4 is 60.5 Å². The third-order valence-electron chi connectivity index (χ3n) is 12.5. The largest absolute Gasteiger partial charge is 0.456 e. The zero-order valence-corrected chi connectivity index (χ0v) is 30.7. The molecule has 2 heteroatoms. The summed E-state index contributed by atoms with van der Waals surface area (Å²) >= 11 is 0. The molecule has 0 bridgehead atoms. The van der Waals surface area contributed by atoms with Crippen LogP contribution in [0.3, 0.4) is 0 Å². The molecule has 2 nitrogen and oxygen atoms in total. The van der Waals surface area contributed by atoms with Gasteiger partial charge in [0.25, 0.3) is 0 Å². The van der Waals surface area contributed by atoms with Gasteiger partial charge in [-0.3, -0.25) is 0 Å². The Morgan fingerprint density at radius 2 is 0.981 bits per heavy atom. The maximum Gasteiger partial charge on any atom is 0.136 e. The van der Waals surface area contributed by atoms with Gasteiger partial charge in [0.05, 0.1) is 0 Å². The maximum absolute atomic E-state index is 6.36. The number of rotatable bonds is 3. The van der Waals surface area contributed by atoms with Gasteiger partial charge in [0.2, 0.25) is 0 Å². The summed E-state index contributed by atoms with van der Waals surface area (Å²) in [6, 6.07) is 54.2. The fourth-order valence-electron chi connectivity index (χ4n) is 9.61. The molecule has 8 aromatic carbocycles. The highest BCUT2D eigenvalue weighted by Gasteiger charge is 2.38. The average molecular weight is 682 g/mol. The van der Waals surface area contributed by atoms with Gasteiger partial charge in [-0.15, -0.1) is 0 Å². The summed E-state index contributed by atoms with van der Waals surface area (Å²) in [5.41, 5.74) is 17.1. The van der Waals surface area contributed by atoms with Crippen LogP contribution >= 0.6 is 0 Å². The molecule has 0 saturated carbocycles.